The Hall–Kier alpha value is -1.40. The molecule has 1 aromatic carbocycles. The van der Waals surface area contributed by atoms with E-state index in [0.29, 0.717) is 17.9 Å². The highest BCUT2D eigenvalue weighted by Gasteiger charge is 2.38. The Balaban J connectivity index is 2.62. The highest BCUT2D eigenvalue weighted by atomic mass is 32.2. The van der Waals surface area contributed by atoms with Crippen LogP contribution in [0.4, 0.5) is 0 Å². The molecule has 0 aliphatic carbocycles. The molecule has 0 saturated carbocycles. The fourth-order valence-corrected chi connectivity index (χ4v) is 5.41. The van der Waals surface area contributed by atoms with Crippen LogP contribution in [0.15, 0.2) is 11.0 Å². The van der Waals surface area contributed by atoms with E-state index in [-0.39, 0.29) is 0 Å². The van der Waals surface area contributed by atoms with Crippen molar-refractivity contribution in [3.05, 3.63) is 28.3 Å². The summed E-state index contributed by atoms with van der Waals surface area (Å²) in [6.07, 6.45) is 2.08. The number of hydrogen-bond acceptors (Lipinski definition) is 3. The van der Waals surface area contributed by atoms with Crippen molar-refractivity contribution >= 4 is 15.9 Å². The summed E-state index contributed by atoms with van der Waals surface area (Å²) in [5, 5.41) is 0. The maximum Gasteiger partial charge on any atom is 0.244 e. The van der Waals surface area contributed by atoms with Gasteiger partial charge in [-0.15, -0.1) is 0 Å². The number of sulfonamides is 1. The molecule has 1 heterocycles. The van der Waals surface area contributed by atoms with Crippen LogP contribution in [-0.4, -0.2) is 31.2 Å². The molecule has 0 spiro atoms. The second-order valence-corrected chi connectivity index (χ2v) is 7.95. The van der Waals surface area contributed by atoms with Gasteiger partial charge in [-0.05, 0) is 62.8 Å². The van der Waals surface area contributed by atoms with E-state index in [1.165, 1.54) is 4.31 Å². The molecule has 0 radical (unpaired) electrons. The monoisotopic (exact) mass is 324 g/mol. The smallest absolute Gasteiger partial charge is 0.244 e. The van der Waals surface area contributed by atoms with Gasteiger partial charge in [-0.2, -0.15) is 4.31 Å². The molecule has 1 saturated heterocycles. The first-order valence-electron chi connectivity index (χ1n) is 7.56. The maximum absolute atomic E-state index is 13.2. The number of primary amides is 1. The topological polar surface area (TPSA) is 80.5 Å². The van der Waals surface area contributed by atoms with Crippen LogP contribution in [0, 0.1) is 27.7 Å². The van der Waals surface area contributed by atoms with Gasteiger partial charge < -0.3 is 5.73 Å². The lowest BCUT2D eigenvalue weighted by Crippen LogP contribution is -2.50. The Morgan fingerprint density at radius 3 is 2.18 bits per heavy atom. The first kappa shape index (κ1) is 17.0. The van der Waals surface area contributed by atoms with E-state index in [1.54, 1.807) is 0 Å². The molecule has 0 aromatic heterocycles. The van der Waals surface area contributed by atoms with Gasteiger partial charge in [-0.3, -0.25) is 4.79 Å². The number of carbonyl (C=O) groups is 1. The van der Waals surface area contributed by atoms with Gasteiger partial charge in [0, 0.05) is 6.54 Å². The minimum absolute atomic E-state index is 0.332. The number of amides is 1. The SMILES string of the molecule is Cc1cc(C)c(C)c(S(=O)(=O)N2CCCC[C@@H]2C(N)=O)c1C. The summed E-state index contributed by atoms with van der Waals surface area (Å²) in [4.78, 5) is 12.0. The lowest BCUT2D eigenvalue weighted by atomic mass is 10.0. The number of benzene rings is 1. The van der Waals surface area contributed by atoms with Crippen LogP contribution >= 0.6 is 0 Å². The van der Waals surface area contributed by atoms with Gasteiger partial charge in [0.2, 0.25) is 15.9 Å². The van der Waals surface area contributed by atoms with Crippen LogP contribution in [0.3, 0.4) is 0 Å². The highest BCUT2D eigenvalue weighted by molar-refractivity contribution is 7.89. The lowest BCUT2D eigenvalue weighted by Gasteiger charge is -2.33. The standard InChI is InChI=1S/C16H24N2O3S/c1-10-9-11(2)13(4)15(12(10)3)22(20,21)18-8-6-5-7-14(18)16(17)19/h9,14H,5-8H2,1-4H3,(H2,17,19)/t14-/m1/s1. The van der Waals surface area contributed by atoms with E-state index < -0.39 is 22.0 Å². The summed E-state index contributed by atoms with van der Waals surface area (Å²) in [6, 6.07) is 1.25. The number of nitrogens with two attached hydrogens (primary N) is 1. The molecule has 2 rings (SSSR count). The molecule has 1 amide bonds. The van der Waals surface area contributed by atoms with Crippen molar-refractivity contribution < 1.29 is 13.2 Å². The summed E-state index contributed by atoms with van der Waals surface area (Å²) >= 11 is 0. The molecule has 1 fully saturated rings. The van der Waals surface area contributed by atoms with E-state index in [4.69, 9.17) is 5.73 Å². The molecule has 122 valence electrons. The van der Waals surface area contributed by atoms with Crippen molar-refractivity contribution in [2.75, 3.05) is 6.54 Å². The maximum atomic E-state index is 13.2. The van der Waals surface area contributed by atoms with Crippen LogP contribution in [0.2, 0.25) is 0 Å². The fraction of sp³-hybridized carbons (Fsp3) is 0.562. The molecule has 1 aliphatic rings. The Morgan fingerprint density at radius 2 is 1.68 bits per heavy atom. The highest BCUT2D eigenvalue weighted by Crippen LogP contribution is 2.32. The van der Waals surface area contributed by atoms with Crippen molar-refractivity contribution in [3.63, 3.8) is 0 Å². The van der Waals surface area contributed by atoms with Gasteiger partial charge in [-0.25, -0.2) is 8.42 Å². The molecule has 0 bridgehead atoms. The summed E-state index contributed by atoms with van der Waals surface area (Å²) in [5.74, 6) is -0.567. The first-order chi connectivity index (χ1) is 10.2. The predicted octanol–water partition coefficient (Wildman–Crippen LogP) is 1.95. The molecular weight excluding hydrogens is 300 g/mol. The third-order valence-corrected chi connectivity index (χ3v) is 6.83. The van der Waals surface area contributed by atoms with Gasteiger partial charge in [0.15, 0.2) is 0 Å². The number of carbonyl (C=O) groups excluding carboxylic acids is 1. The molecule has 2 N–H and O–H groups in total. The minimum Gasteiger partial charge on any atom is -0.368 e. The Kier molecular flexibility index (Phi) is 4.63. The van der Waals surface area contributed by atoms with Crippen LogP contribution in [0.1, 0.15) is 41.5 Å². The molecule has 1 aromatic rings. The molecule has 6 heteroatoms. The summed E-state index contributed by atoms with van der Waals surface area (Å²) in [6.45, 7) is 7.79. The molecule has 1 atom stereocenters. The van der Waals surface area contributed by atoms with E-state index in [0.717, 1.165) is 35.1 Å². The van der Waals surface area contributed by atoms with Crippen molar-refractivity contribution in [3.8, 4) is 0 Å². The predicted molar refractivity (Wildman–Crippen MR) is 86.1 cm³/mol. The molecule has 5 nitrogen and oxygen atoms in total. The quantitative estimate of drug-likeness (QED) is 0.922. The van der Waals surface area contributed by atoms with Gasteiger partial charge in [0.05, 0.1) is 4.90 Å². The number of piperidine rings is 1. The number of nitrogens with zero attached hydrogens (tertiary/aromatic N) is 1. The van der Waals surface area contributed by atoms with Crippen LogP contribution in [0.5, 0.6) is 0 Å². The van der Waals surface area contributed by atoms with Gasteiger partial charge in [0.1, 0.15) is 6.04 Å². The number of hydrogen-bond donors (Lipinski definition) is 1. The largest absolute Gasteiger partial charge is 0.368 e. The fourth-order valence-electron chi connectivity index (χ4n) is 3.16. The van der Waals surface area contributed by atoms with Crippen LogP contribution in [-0.2, 0) is 14.8 Å². The van der Waals surface area contributed by atoms with Crippen LogP contribution < -0.4 is 5.73 Å². The number of aryl methyl sites for hydroxylation is 2. The summed E-state index contributed by atoms with van der Waals surface area (Å²) in [7, 11) is -3.73. The lowest BCUT2D eigenvalue weighted by molar-refractivity contribution is -0.122. The minimum atomic E-state index is -3.73. The third kappa shape index (κ3) is 2.77. The van der Waals surface area contributed by atoms with Gasteiger partial charge >= 0.3 is 0 Å². The van der Waals surface area contributed by atoms with Gasteiger partial charge in [0.25, 0.3) is 0 Å². The Labute approximate surface area is 132 Å². The molecule has 1 aliphatic heterocycles. The van der Waals surface area contributed by atoms with Crippen LogP contribution in [0.25, 0.3) is 0 Å². The van der Waals surface area contributed by atoms with Crippen molar-refractivity contribution in [2.45, 2.75) is 57.9 Å². The average Bonchev–Trinajstić information content (AvgIpc) is 2.45. The first-order valence-corrected chi connectivity index (χ1v) is 9.00. The third-order valence-electron chi connectivity index (χ3n) is 4.65. The van der Waals surface area contributed by atoms with Crippen molar-refractivity contribution in [2.24, 2.45) is 5.73 Å². The van der Waals surface area contributed by atoms with Crippen molar-refractivity contribution in [1.29, 1.82) is 0 Å². The number of rotatable bonds is 3. The van der Waals surface area contributed by atoms with E-state index in [9.17, 15) is 13.2 Å². The zero-order valence-electron chi connectivity index (χ0n) is 13.6. The Bertz CT molecular complexity index is 684. The zero-order chi connectivity index (χ0) is 16.7. The van der Waals surface area contributed by atoms with E-state index in [2.05, 4.69) is 0 Å². The Morgan fingerprint density at radius 1 is 1.14 bits per heavy atom. The van der Waals surface area contributed by atoms with E-state index in [1.807, 2.05) is 33.8 Å². The zero-order valence-corrected chi connectivity index (χ0v) is 14.5. The average molecular weight is 324 g/mol. The normalized spacial score (nSPS) is 20.1. The second kappa shape index (κ2) is 6.01. The summed E-state index contributed by atoms with van der Waals surface area (Å²) in [5.41, 5.74) is 8.80. The van der Waals surface area contributed by atoms with Gasteiger partial charge in [-0.1, -0.05) is 12.5 Å². The molecule has 0 unspecified atom stereocenters. The molecular formula is C16H24N2O3S. The summed E-state index contributed by atoms with van der Waals surface area (Å²) < 4.78 is 27.6. The second-order valence-electron chi connectivity index (χ2n) is 6.12. The molecule has 22 heavy (non-hydrogen) atoms. The van der Waals surface area contributed by atoms with E-state index >= 15 is 0 Å². The van der Waals surface area contributed by atoms with Crippen molar-refractivity contribution in [1.82, 2.24) is 4.31 Å².